The van der Waals surface area contributed by atoms with Gasteiger partial charge in [-0.05, 0) is 18.5 Å². The van der Waals surface area contributed by atoms with Gasteiger partial charge in [0.2, 0.25) is 0 Å². The molecule has 4 rings (SSSR count). The molecule has 3 heterocycles. The van der Waals surface area contributed by atoms with Crippen molar-refractivity contribution in [2.24, 2.45) is 5.92 Å². The van der Waals surface area contributed by atoms with E-state index in [0.29, 0.717) is 6.54 Å². The number of aliphatic hydroxyl groups is 1. The first-order valence-electron chi connectivity index (χ1n) is 8.10. The number of hydrogen-bond acceptors (Lipinski definition) is 4. The average molecular weight is 369 g/mol. The Morgan fingerprint density at radius 3 is 2.65 bits per heavy atom. The first-order valence-corrected chi connectivity index (χ1v) is 8.10. The first kappa shape index (κ1) is 18.4. The molecule has 2 aliphatic heterocycles. The fourth-order valence-corrected chi connectivity index (χ4v) is 3.54. The Morgan fingerprint density at radius 1 is 1.31 bits per heavy atom. The van der Waals surface area contributed by atoms with Crippen molar-refractivity contribution >= 4 is 5.97 Å². The number of benzene rings is 1. The van der Waals surface area contributed by atoms with Crippen molar-refractivity contribution in [3.05, 3.63) is 42.4 Å². The number of aliphatic carboxylic acids is 1. The zero-order valence-electron chi connectivity index (χ0n) is 13.6. The zero-order valence-corrected chi connectivity index (χ0v) is 13.6. The summed E-state index contributed by atoms with van der Waals surface area (Å²) in [6, 6.07) is 8.71. The number of hydrogen-bond donors (Lipinski definition) is 3. The molecule has 1 aromatic carbocycles. The molecule has 140 valence electrons. The van der Waals surface area contributed by atoms with E-state index in [4.69, 9.17) is 9.90 Å². The van der Waals surface area contributed by atoms with Gasteiger partial charge in [0, 0.05) is 18.0 Å². The van der Waals surface area contributed by atoms with Crippen LogP contribution >= 0.6 is 0 Å². The van der Waals surface area contributed by atoms with Gasteiger partial charge in [0.15, 0.2) is 0 Å². The van der Waals surface area contributed by atoms with Crippen molar-refractivity contribution in [2.45, 2.75) is 24.7 Å². The van der Waals surface area contributed by atoms with Gasteiger partial charge in [-0.25, -0.2) is 9.78 Å². The quantitative estimate of drug-likeness (QED) is 0.716. The van der Waals surface area contributed by atoms with Crippen molar-refractivity contribution in [1.29, 1.82) is 0 Å². The van der Waals surface area contributed by atoms with Gasteiger partial charge in [-0.15, -0.1) is 0 Å². The number of piperidine rings is 1. The van der Waals surface area contributed by atoms with Crippen LogP contribution < -0.4 is 5.32 Å². The number of fused-ring (bicyclic) bond motifs is 3. The van der Waals surface area contributed by atoms with E-state index < -0.39 is 12.1 Å². The predicted molar refractivity (Wildman–Crippen MR) is 86.5 cm³/mol. The number of aliphatic hydroxyl groups excluding tert-OH is 1. The number of carboxylic acid groups (broad SMARTS) is 1. The molecular weight excluding hydrogens is 351 g/mol. The van der Waals surface area contributed by atoms with Gasteiger partial charge in [0.1, 0.15) is 0 Å². The maximum absolute atomic E-state index is 10.6. The summed E-state index contributed by atoms with van der Waals surface area (Å²) in [5.41, 5.74) is 3.76. The van der Waals surface area contributed by atoms with Crippen molar-refractivity contribution in [1.82, 2.24) is 14.9 Å². The van der Waals surface area contributed by atoms with Crippen LogP contribution in [-0.4, -0.2) is 51.1 Å². The highest BCUT2D eigenvalue weighted by atomic mass is 19.4. The van der Waals surface area contributed by atoms with Crippen LogP contribution in [-0.2, 0) is 4.79 Å². The molecule has 3 N–H and O–H groups in total. The molecule has 2 aliphatic rings. The summed E-state index contributed by atoms with van der Waals surface area (Å²) in [5.74, 6) is -2.50. The molecule has 1 saturated heterocycles. The Labute approximate surface area is 147 Å². The van der Waals surface area contributed by atoms with E-state index in [1.807, 2.05) is 12.5 Å². The summed E-state index contributed by atoms with van der Waals surface area (Å²) in [6.07, 6.45) is -0.557. The van der Waals surface area contributed by atoms with Crippen LogP contribution in [0.2, 0.25) is 0 Å². The molecule has 26 heavy (non-hydrogen) atoms. The van der Waals surface area contributed by atoms with Crippen LogP contribution in [0.3, 0.4) is 0 Å². The lowest BCUT2D eigenvalue weighted by atomic mass is 9.84. The normalized spacial score (nSPS) is 24.2. The van der Waals surface area contributed by atoms with Crippen LogP contribution in [0, 0.1) is 5.92 Å². The van der Waals surface area contributed by atoms with Gasteiger partial charge < -0.3 is 20.1 Å². The Morgan fingerprint density at radius 2 is 2.00 bits per heavy atom. The SMILES string of the molecule is O=C(O)C(F)(F)F.O[C@@H]1CNCC[C@H]1C1c2ccccc2-c2cncn21. The number of β-amino-alcohol motifs (C(OH)–C–C–N with tert-alkyl or cyclic N) is 1. The summed E-state index contributed by atoms with van der Waals surface area (Å²) in [7, 11) is 0. The fourth-order valence-electron chi connectivity index (χ4n) is 3.54. The van der Waals surface area contributed by atoms with Gasteiger partial charge in [-0.2, -0.15) is 13.2 Å². The van der Waals surface area contributed by atoms with E-state index in [-0.39, 0.29) is 18.1 Å². The molecule has 0 saturated carbocycles. The summed E-state index contributed by atoms with van der Waals surface area (Å²) >= 11 is 0. The van der Waals surface area contributed by atoms with Gasteiger partial charge in [-0.3, -0.25) is 0 Å². The second-order valence-corrected chi connectivity index (χ2v) is 6.25. The Bertz CT molecular complexity index is 791. The van der Waals surface area contributed by atoms with Crippen LogP contribution in [0.5, 0.6) is 0 Å². The molecule has 0 bridgehead atoms. The Balaban J connectivity index is 0.000000242. The summed E-state index contributed by atoms with van der Waals surface area (Å²) in [6.45, 7) is 1.66. The highest BCUT2D eigenvalue weighted by Crippen LogP contribution is 2.44. The molecule has 0 amide bonds. The van der Waals surface area contributed by atoms with Crippen molar-refractivity contribution in [2.75, 3.05) is 13.1 Å². The number of nitrogens with one attached hydrogen (secondary N) is 1. The molecule has 1 fully saturated rings. The third-order valence-electron chi connectivity index (χ3n) is 4.67. The summed E-state index contributed by atoms with van der Waals surface area (Å²) < 4.78 is 34.0. The third-order valence-corrected chi connectivity index (χ3v) is 4.67. The molecule has 0 radical (unpaired) electrons. The van der Waals surface area contributed by atoms with Crippen LogP contribution in [0.4, 0.5) is 13.2 Å². The van der Waals surface area contributed by atoms with E-state index in [9.17, 15) is 18.3 Å². The number of imidazole rings is 1. The van der Waals surface area contributed by atoms with Crippen LogP contribution in [0.1, 0.15) is 18.0 Å². The monoisotopic (exact) mass is 369 g/mol. The standard InChI is InChI=1S/C15H17N3O.C2HF3O2/c19-14-8-16-6-5-12(14)15-11-4-2-1-3-10(11)13-7-17-9-18(13)15;3-2(4,5)1(6)7/h1-4,7,9,12,14-16,19H,5-6,8H2;(H,6,7)/t12-,14-,15?;/m1./s1. The highest BCUT2D eigenvalue weighted by molar-refractivity contribution is 5.73. The fraction of sp³-hybridized carbons (Fsp3) is 0.412. The number of rotatable bonds is 1. The smallest absolute Gasteiger partial charge is 0.475 e. The topological polar surface area (TPSA) is 87.4 Å². The third kappa shape index (κ3) is 3.45. The van der Waals surface area contributed by atoms with E-state index >= 15 is 0 Å². The number of halogens is 3. The molecule has 0 spiro atoms. The second kappa shape index (κ2) is 7.08. The predicted octanol–water partition coefficient (Wildman–Crippen LogP) is 2.06. The van der Waals surface area contributed by atoms with Crippen molar-refractivity contribution < 1.29 is 28.2 Å². The van der Waals surface area contributed by atoms with E-state index in [2.05, 4.69) is 39.1 Å². The first-order chi connectivity index (χ1) is 12.3. The lowest BCUT2D eigenvalue weighted by molar-refractivity contribution is -0.192. The minimum absolute atomic E-state index is 0.228. The Kier molecular flexibility index (Phi) is 5.01. The van der Waals surface area contributed by atoms with Crippen molar-refractivity contribution in [3.63, 3.8) is 0 Å². The molecule has 3 atom stereocenters. The maximum Gasteiger partial charge on any atom is 0.490 e. The number of nitrogens with zero attached hydrogens (tertiary/aromatic N) is 2. The molecule has 0 aliphatic carbocycles. The molecular formula is C17H18F3N3O3. The summed E-state index contributed by atoms with van der Waals surface area (Å²) in [4.78, 5) is 13.2. The van der Waals surface area contributed by atoms with E-state index in [1.165, 1.54) is 16.8 Å². The van der Waals surface area contributed by atoms with Gasteiger partial charge in [0.25, 0.3) is 0 Å². The van der Waals surface area contributed by atoms with Gasteiger partial charge in [0.05, 0.1) is 30.4 Å². The molecule has 1 aromatic heterocycles. The zero-order chi connectivity index (χ0) is 18.9. The second-order valence-electron chi connectivity index (χ2n) is 6.25. The number of carboxylic acids is 1. The molecule has 9 heteroatoms. The van der Waals surface area contributed by atoms with Crippen LogP contribution in [0.25, 0.3) is 11.3 Å². The molecule has 1 unspecified atom stereocenters. The number of aromatic nitrogens is 2. The number of carbonyl (C=O) groups is 1. The van der Waals surface area contributed by atoms with Crippen molar-refractivity contribution in [3.8, 4) is 11.3 Å². The summed E-state index contributed by atoms with van der Waals surface area (Å²) in [5, 5.41) is 20.7. The minimum Gasteiger partial charge on any atom is -0.475 e. The van der Waals surface area contributed by atoms with Gasteiger partial charge in [-0.1, -0.05) is 24.3 Å². The highest BCUT2D eigenvalue weighted by Gasteiger charge is 2.39. The van der Waals surface area contributed by atoms with Crippen LogP contribution in [0.15, 0.2) is 36.8 Å². The average Bonchev–Trinajstić information content (AvgIpc) is 3.16. The van der Waals surface area contributed by atoms with E-state index in [0.717, 1.165) is 13.0 Å². The minimum atomic E-state index is -5.08. The lowest BCUT2D eigenvalue weighted by Gasteiger charge is -2.34. The number of alkyl halides is 3. The van der Waals surface area contributed by atoms with Gasteiger partial charge >= 0.3 is 12.1 Å². The van der Waals surface area contributed by atoms with E-state index in [1.54, 1.807) is 0 Å². The largest absolute Gasteiger partial charge is 0.490 e. The molecule has 6 nitrogen and oxygen atoms in total. The Hall–Kier alpha value is -2.39. The molecule has 2 aromatic rings. The lowest BCUT2D eigenvalue weighted by Crippen LogP contribution is -2.43. The maximum atomic E-state index is 10.6.